The number of fused-ring (bicyclic) bond motifs is 6. The van der Waals surface area contributed by atoms with Crippen LogP contribution in [0.2, 0.25) is 0 Å². The van der Waals surface area contributed by atoms with E-state index < -0.39 is 0 Å². The monoisotopic (exact) mass is 313 g/mol. The number of rotatable bonds is 0. The zero-order chi connectivity index (χ0) is 16.3. The third-order valence-electron chi connectivity index (χ3n) is 7.30. The summed E-state index contributed by atoms with van der Waals surface area (Å²) in [5.74, 6) is 0. The van der Waals surface area contributed by atoms with Gasteiger partial charge >= 0.3 is 0 Å². The minimum atomic E-state index is 0.194. The number of aromatic nitrogens is 2. The summed E-state index contributed by atoms with van der Waals surface area (Å²) >= 11 is 0. The number of aryl methyl sites for hydroxylation is 1. The molecule has 0 saturated heterocycles. The first kappa shape index (κ1) is 13.0. The second-order valence-electron chi connectivity index (χ2n) is 8.17. The minimum absolute atomic E-state index is 0.194. The molecule has 1 aliphatic carbocycles. The van der Waals surface area contributed by atoms with E-state index >= 15 is 0 Å². The lowest BCUT2D eigenvalue weighted by Crippen LogP contribution is -2.72. The standard InChI is InChI=1S/C22H21N2/c1-14-6-4-8-16-15-7-5-9-17-18(15)20-23(19(14)16)12-13-24(20)22(3)11-10-21(17,22)2/h4-9,12-13H,10-11H2,1-3H3/q+1. The zero-order valence-electron chi connectivity index (χ0n) is 14.4. The molecular weight excluding hydrogens is 292 g/mol. The molecule has 0 radical (unpaired) electrons. The molecule has 24 heavy (non-hydrogen) atoms. The Labute approximate surface area is 141 Å². The largest absolute Gasteiger partial charge is 0.295 e. The summed E-state index contributed by atoms with van der Waals surface area (Å²) in [6, 6.07) is 13.6. The molecule has 118 valence electrons. The van der Waals surface area contributed by atoms with Crippen LogP contribution in [0, 0.1) is 6.92 Å². The van der Waals surface area contributed by atoms with E-state index in [1.165, 1.54) is 45.7 Å². The highest BCUT2D eigenvalue weighted by molar-refractivity contribution is 6.13. The van der Waals surface area contributed by atoms with Gasteiger partial charge in [0, 0.05) is 16.2 Å². The van der Waals surface area contributed by atoms with Gasteiger partial charge in [-0.05, 0) is 37.8 Å². The Morgan fingerprint density at radius 1 is 1.00 bits per heavy atom. The Morgan fingerprint density at radius 2 is 1.79 bits per heavy atom. The Bertz CT molecular complexity index is 1200. The Kier molecular flexibility index (Phi) is 1.98. The maximum absolute atomic E-state index is 2.57. The van der Waals surface area contributed by atoms with Gasteiger partial charge in [0.1, 0.15) is 23.4 Å². The second kappa shape index (κ2) is 3.66. The van der Waals surface area contributed by atoms with Gasteiger partial charge in [0.15, 0.2) is 0 Å². The molecule has 0 N–H and O–H groups in total. The van der Waals surface area contributed by atoms with Crippen molar-refractivity contribution in [3.05, 3.63) is 59.9 Å². The van der Waals surface area contributed by atoms with Crippen molar-refractivity contribution in [3.63, 3.8) is 0 Å². The zero-order valence-corrected chi connectivity index (χ0v) is 14.4. The number of hydrogen-bond acceptors (Lipinski definition) is 0. The summed E-state index contributed by atoms with van der Waals surface area (Å²) in [6.07, 6.45) is 7.12. The SMILES string of the molecule is Cc1cccc2c3cccc4c3c3n(cc[n+]3C3(C)CCC43C)c12. The van der Waals surface area contributed by atoms with Gasteiger partial charge in [-0.3, -0.25) is 0 Å². The summed E-state index contributed by atoms with van der Waals surface area (Å²) in [7, 11) is 0. The molecule has 0 spiro atoms. The average Bonchev–Trinajstić information content (AvgIpc) is 3.03. The van der Waals surface area contributed by atoms with Gasteiger partial charge in [0.25, 0.3) is 5.65 Å². The molecule has 2 nitrogen and oxygen atoms in total. The second-order valence-corrected chi connectivity index (χ2v) is 8.17. The van der Waals surface area contributed by atoms with Gasteiger partial charge in [0.2, 0.25) is 0 Å². The van der Waals surface area contributed by atoms with Gasteiger partial charge in [-0.2, -0.15) is 4.40 Å². The van der Waals surface area contributed by atoms with Crippen LogP contribution < -0.4 is 4.57 Å². The van der Waals surface area contributed by atoms with Crippen molar-refractivity contribution in [1.29, 1.82) is 0 Å². The van der Waals surface area contributed by atoms with Crippen molar-refractivity contribution in [2.45, 2.75) is 44.6 Å². The third-order valence-corrected chi connectivity index (χ3v) is 7.30. The maximum Gasteiger partial charge on any atom is 0.295 e. The molecule has 1 fully saturated rings. The average molecular weight is 313 g/mol. The van der Waals surface area contributed by atoms with Crippen LogP contribution >= 0.6 is 0 Å². The van der Waals surface area contributed by atoms with E-state index in [1.807, 2.05) is 0 Å². The molecule has 0 bridgehead atoms. The van der Waals surface area contributed by atoms with Crippen LogP contribution in [0.1, 0.15) is 37.8 Å². The molecular formula is C22H21N2+. The Hall–Kier alpha value is -2.35. The lowest BCUT2D eigenvalue weighted by Gasteiger charge is -2.55. The Morgan fingerprint density at radius 3 is 2.58 bits per heavy atom. The van der Waals surface area contributed by atoms with Crippen molar-refractivity contribution >= 4 is 27.3 Å². The molecule has 2 unspecified atom stereocenters. The van der Waals surface area contributed by atoms with Crippen LogP contribution in [0.15, 0.2) is 48.8 Å². The molecule has 4 aromatic rings. The molecule has 3 heterocycles. The van der Waals surface area contributed by atoms with E-state index in [4.69, 9.17) is 0 Å². The smallest absolute Gasteiger partial charge is 0.224 e. The third kappa shape index (κ3) is 1.10. The predicted octanol–water partition coefficient (Wildman–Crippen LogP) is 4.62. The molecule has 1 saturated carbocycles. The first-order valence-corrected chi connectivity index (χ1v) is 8.94. The van der Waals surface area contributed by atoms with Gasteiger partial charge in [-0.15, -0.1) is 0 Å². The quantitative estimate of drug-likeness (QED) is 0.331. The summed E-state index contributed by atoms with van der Waals surface area (Å²) in [6.45, 7) is 7.13. The lowest BCUT2D eigenvalue weighted by atomic mass is 9.51. The molecule has 6 rings (SSSR count). The van der Waals surface area contributed by atoms with Crippen LogP contribution in [0.5, 0.6) is 0 Å². The fraction of sp³-hybridized carbons (Fsp3) is 0.318. The van der Waals surface area contributed by atoms with E-state index in [1.54, 1.807) is 5.56 Å². The molecule has 2 aliphatic rings. The number of hydrogen-bond donors (Lipinski definition) is 0. The van der Waals surface area contributed by atoms with E-state index in [0.717, 1.165) is 0 Å². The highest BCUT2D eigenvalue weighted by atomic mass is 15.2. The van der Waals surface area contributed by atoms with Gasteiger partial charge in [-0.1, -0.05) is 43.3 Å². The van der Waals surface area contributed by atoms with Crippen LogP contribution in [-0.2, 0) is 11.0 Å². The lowest BCUT2D eigenvalue weighted by molar-refractivity contribution is -0.763. The van der Waals surface area contributed by atoms with E-state index in [2.05, 4.69) is 78.5 Å². The van der Waals surface area contributed by atoms with Gasteiger partial charge in [-0.25, -0.2) is 4.57 Å². The Balaban J connectivity index is 2.02. The summed E-state index contributed by atoms with van der Waals surface area (Å²) < 4.78 is 5.00. The first-order valence-electron chi connectivity index (χ1n) is 8.94. The molecule has 2 heteroatoms. The van der Waals surface area contributed by atoms with Crippen LogP contribution in [0.25, 0.3) is 27.3 Å². The molecule has 1 aliphatic heterocycles. The van der Waals surface area contributed by atoms with Crippen molar-refractivity contribution in [2.24, 2.45) is 0 Å². The highest BCUT2D eigenvalue weighted by Crippen LogP contribution is 2.57. The van der Waals surface area contributed by atoms with Crippen LogP contribution in [-0.4, -0.2) is 4.40 Å². The normalized spacial score (nSPS) is 27.8. The van der Waals surface area contributed by atoms with Crippen molar-refractivity contribution in [2.75, 3.05) is 0 Å². The minimum Gasteiger partial charge on any atom is -0.224 e. The maximum atomic E-state index is 2.57. The summed E-state index contributed by atoms with van der Waals surface area (Å²) in [5, 5.41) is 4.23. The number of pyridine rings is 1. The predicted molar refractivity (Wildman–Crippen MR) is 97.6 cm³/mol. The van der Waals surface area contributed by atoms with Crippen molar-refractivity contribution in [1.82, 2.24) is 4.40 Å². The van der Waals surface area contributed by atoms with Crippen LogP contribution in [0.3, 0.4) is 0 Å². The van der Waals surface area contributed by atoms with E-state index in [9.17, 15) is 0 Å². The molecule has 2 aromatic carbocycles. The van der Waals surface area contributed by atoms with Crippen molar-refractivity contribution in [3.8, 4) is 0 Å². The number of benzene rings is 2. The number of imidazole rings is 1. The topological polar surface area (TPSA) is 8.29 Å². The van der Waals surface area contributed by atoms with Crippen LogP contribution in [0.4, 0.5) is 0 Å². The van der Waals surface area contributed by atoms with E-state index in [0.29, 0.717) is 0 Å². The number of nitrogens with zero attached hydrogens (tertiary/aromatic N) is 2. The summed E-state index contributed by atoms with van der Waals surface area (Å²) in [5.41, 5.74) is 6.04. The van der Waals surface area contributed by atoms with E-state index in [-0.39, 0.29) is 11.0 Å². The number of para-hydroxylation sites is 1. The molecule has 2 aromatic heterocycles. The van der Waals surface area contributed by atoms with Crippen molar-refractivity contribution < 1.29 is 4.57 Å². The fourth-order valence-corrected chi connectivity index (χ4v) is 5.56. The fourth-order valence-electron chi connectivity index (χ4n) is 5.56. The van der Waals surface area contributed by atoms with Gasteiger partial charge in [0.05, 0.1) is 5.39 Å². The highest BCUT2D eigenvalue weighted by Gasteiger charge is 2.62. The first-order chi connectivity index (χ1) is 11.6. The summed E-state index contributed by atoms with van der Waals surface area (Å²) in [4.78, 5) is 0. The molecule has 2 atom stereocenters. The molecule has 0 amide bonds. The van der Waals surface area contributed by atoms with Gasteiger partial charge < -0.3 is 0 Å².